The van der Waals surface area contributed by atoms with E-state index in [0.717, 1.165) is 23.6 Å². The molecule has 2 aromatic rings. The molecule has 1 fully saturated rings. The number of sulfonamides is 1. The van der Waals surface area contributed by atoms with E-state index in [2.05, 4.69) is 0 Å². The van der Waals surface area contributed by atoms with E-state index in [0.29, 0.717) is 25.8 Å². The number of benzene rings is 2. The van der Waals surface area contributed by atoms with Gasteiger partial charge in [-0.15, -0.1) is 0 Å². The van der Waals surface area contributed by atoms with Crippen LogP contribution < -0.4 is 9.64 Å². The van der Waals surface area contributed by atoms with Gasteiger partial charge in [-0.25, -0.2) is 17.2 Å². The van der Waals surface area contributed by atoms with Gasteiger partial charge in [0.2, 0.25) is 10.0 Å². The molecule has 3 rings (SSSR count). The van der Waals surface area contributed by atoms with Crippen LogP contribution in [0.3, 0.4) is 0 Å². The maximum atomic E-state index is 13.9. The SMILES string of the molecule is CCOc1ccccc1N1CCN(S(=O)(=O)c2ccc(F)cc2F)CC1. The fraction of sp³-hybridized carbons (Fsp3) is 0.333. The van der Waals surface area contributed by atoms with Crippen LogP contribution in [-0.4, -0.2) is 45.5 Å². The standard InChI is InChI=1S/C18H20F2N2O3S/c1-2-25-17-6-4-3-5-16(17)21-9-11-22(12-10-21)26(23,24)18-8-7-14(19)13-15(18)20/h3-8,13H,2,9-12H2,1H3. The van der Waals surface area contributed by atoms with Crippen molar-refractivity contribution >= 4 is 15.7 Å². The van der Waals surface area contributed by atoms with Gasteiger partial charge in [0.25, 0.3) is 0 Å². The summed E-state index contributed by atoms with van der Waals surface area (Å²) in [5.74, 6) is -1.14. The number of ether oxygens (including phenoxy) is 1. The average molecular weight is 382 g/mol. The second-order valence-electron chi connectivity index (χ2n) is 5.87. The number of anilines is 1. The van der Waals surface area contributed by atoms with E-state index in [1.807, 2.05) is 36.1 Å². The average Bonchev–Trinajstić information content (AvgIpc) is 2.62. The first kappa shape index (κ1) is 18.6. The van der Waals surface area contributed by atoms with Crippen molar-refractivity contribution in [2.45, 2.75) is 11.8 Å². The van der Waals surface area contributed by atoms with Crippen LogP contribution in [0.2, 0.25) is 0 Å². The minimum absolute atomic E-state index is 0.208. The molecule has 26 heavy (non-hydrogen) atoms. The van der Waals surface area contributed by atoms with Crippen molar-refractivity contribution in [3.05, 3.63) is 54.1 Å². The van der Waals surface area contributed by atoms with Gasteiger partial charge in [0.05, 0.1) is 12.3 Å². The number of piperazine rings is 1. The molecule has 0 spiro atoms. The fourth-order valence-electron chi connectivity index (χ4n) is 2.99. The molecule has 0 amide bonds. The highest BCUT2D eigenvalue weighted by Crippen LogP contribution is 2.30. The Morgan fingerprint density at radius 2 is 1.73 bits per heavy atom. The summed E-state index contributed by atoms with van der Waals surface area (Å²) in [6, 6.07) is 10.1. The van der Waals surface area contributed by atoms with Crippen LogP contribution in [0.25, 0.3) is 0 Å². The van der Waals surface area contributed by atoms with Gasteiger partial charge in [-0.05, 0) is 31.2 Å². The van der Waals surface area contributed by atoms with Crippen LogP contribution in [0, 0.1) is 11.6 Å². The van der Waals surface area contributed by atoms with E-state index in [-0.39, 0.29) is 13.1 Å². The van der Waals surface area contributed by atoms with Crippen LogP contribution in [0.15, 0.2) is 47.4 Å². The Bertz CT molecular complexity index is 882. The van der Waals surface area contributed by atoms with Crippen molar-refractivity contribution in [2.24, 2.45) is 0 Å². The number of nitrogens with zero attached hydrogens (tertiary/aromatic N) is 2. The topological polar surface area (TPSA) is 49.9 Å². The van der Waals surface area contributed by atoms with Gasteiger partial charge in [-0.3, -0.25) is 0 Å². The largest absolute Gasteiger partial charge is 0.492 e. The molecule has 2 aromatic carbocycles. The molecule has 1 aliphatic rings. The Hall–Kier alpha value is -2.19. The predicted molar refractivity (Wildman–Crippen MR) is 94.9 cm³/mol. The predicted octanol–water partition coefficient (Wildman–Crippen LogP) is 2.87. The second kappa shape index (κ2) is 7.59. The second-order valence-corrected chi connectivity index (χ2v) is 7.77. The lowest BCUT2D eigenvalue weighted by Gasteiger charge is -2.36. The highest BCUT2D eigenvalue weighted by atomic mass is 32.2. The highest BCUT2D eigenvalue weighted by molar-refractivity contribution is 7.89. The van der Waals surface area contributed by atoms with Crippen LogP contribution in [0.1, 0.15) is 6.92 Å². The van der Waals surface area contributed by atoms with Crippen molar-refractivity contribution < 1.29 is 21.9 Å². The van der Waals surface area contributed by atoms with Crippen LogP contribution in [0.5, 0.6) is 5.75 Å². The van der Waals surface area contributed by atoms with Crippen LogP contribution in [-0.2, 0) is 10.0 Å². The van der Waals surface area contributed by atoms with E-state index in [4.69, 9.17) is 4.74 Å². The molecular formula is C18H20F2N2O3S. The molecule has 0 atom stereocenters. The van der Waals surface area contributed by atoms with Gasteiger partial charge in [-0.2, -0.15) is 4.31 Å². The molecule has 5 nitrogen and oxygen atoms in total. The molecule has 0 aliphatic carbocycles. The Labute approximate surface area is 151 Å². The Kier molecular flexibility index (Phi) is 5.43. The maximum absolute atomic E-state index is 13.9. The minimum Gasteiger partial charge on any atom is -0.492 e. The summed E-state index contributed by atoms with van der Waals surface area (Å²) in [6.07, 6.45) is 0. The van der Waals surface area contributed by atoms with E-state index in [1.54, 1.807) is 0 Å². The summed E-state index contributed by atoms with van der Waals surface area (Å²) in [4.78, 5) is 1.54. The van der Waals surface area contributed by atoms with Crippen LogP contribution >= 0.6 is 0 Å². The lowest BCUT2D eigenvalue weighted by molar-refractivity contribution is 0.336. The van der Waals surface area contributed by atoms with Gasteiger partial charge in [0.15, 0.2) is 0 Å². The van der Waals surface area contributed by atoms with Gasteiger partial charge in [0.1, 0.15) is 22.3 Å². The molecule has 0 unspecified atom stereocenters. The van der Waals surface area contributed by atoms with Crippen molar-refractivity contribution in [1.29, 1.82) is 0 Å². The zero-order valence-corrected chi connectivity index (χ0v) is 15.2. The lowest BCUT2D eigenvalue weighted by atomic mass is 10.2. The van der Waals surface area contributed by atoms with Crippen molar-refractivity contribution in [3.63, 3.8) is 0 Å². The summed E-state index contributed by atoms with van der Waals surface area (Å²) >= 11 is 0. The molecule has 1 aliphatic heterocycles. The normalized spacial score (nSPS) is 15.9. The highest BCUT2D eigenvalue weighted by Gasteiger charge is 2.31. The summed E-state index contributed by atoms with van der Waals surface area (Å²) < 4.78 is 59.1. The van der Waals surface area contributed by atoms with Crippen molar-refractivity contribution in [1.82, 2.24) is 4.31 Å². The van der Waals surface area contributed by atoms with Crippen molar-refractivity contribution in [3.8, 4) is 5.75 Å². The minimum atomic E-state index is -4.00. The van der Waals surface area contributed by atoms with Gasteiger partial charge >= 0.3 is 0 Å². The summed E-state index contributed by atoms with van der Waals surface area (Å²) in [5, 5.41) is 0. The monoisotopic (exact) mass is 382 g/mol. The number of para-hydroxylation sites is 2. The molecule has 1 heterocycles. The zero-order chi connectivity index (χ0) is 18.7. The molecule has 0 radical (unpaired) electrons. The van der Waals surface area contributed by atoms with Gasteiger partial charge in [0, 0.05) is 32.2 Å². The molecule has 0 bridgehead atoms. The van der Waals surface area contributed by atoms with Gasteiger partial charge < -0.3 is 9.64 Å². The first-order valence-corrected chi connectivity index (χ1v) is 9.79. The first-order chi connectivity index (χ1) is 12.4. The molecule has 0 aromatic heterocycles. The summed E-state index contributed by atoms with van der Waals surface area (Å²) in [5.41, 5.74) is 0.902. The summed E-state index contributed by atoms with van der Waals surface area (Å²) in [6.45, 7) is 3.76. The number of hydrogen-bond donors (Lipinski definition) is 0. The third kappa shape index (κ3) is 3.66. The van der Waals surface area contributed by atoms with E-state index in [9.17, 15) is 17.2 Å². The third-order valence-electron chi connectivity index (χ3n) is 4.26. The Morgan fingerprint density at radius 1 is 1.04 bits per heavy atom. The quantitative estimate of drug-likeness (QED) is 0.798. The molecule has 8 heteroatoms. The van der Waals surface area contributed by atoms with Gasteiger partial charge in [-0.1, -0.05) is 12.1 Å². The molecule has 0 N–H and O–H groups in total. The molecule has 140 valence electrons. The molecule has 0 saturated carbocycles. The van der Waals surface area contributed by atoms with E-state index < -0.39 is 26.6 Å². The number of halogens is 2. The number of hydrogen-bond acceptors (Lipinski definition) is 4. The first-order valence-electron chi connectivity index (χ1n) is 8.35. The van der Waals surface area contributed by atoms with Crippen LogP contribution in [0.4, 0.5) is 14.5 Å². The number of rotatable bonds is 5. The summed E-state index contributed by atoms with van der Waals surface area (Å²) in [7, 11) is -4.00. The van der Waals surface area contributed by atoms with E-state index in [1.165, 1.54) is 4.31 Å². The zero-order valence-electron chi connectivity index (χ0n) is 14.4. The molecule has 1 saturated heterocycles. The fourth-order valence-corrected chi connectivity index (χ4v) is 4.46. The van der Waals surface area contributed by atoms with Crippen molar-refractivity contribution in [2.75, 3.05) is 37.7 Å². The van der Waals surface area contributed by atoms with E-state index >= 15 is 0 Å². The molecular weight excluding hydrogens is 362 g/mol. The Morgan fingerprint density at radius 3 is 2.38 bits per heavy atom. The maximum Gasteiger partial charge on any atom is 0.246 e. The smallest absolute Gasteiger partial charge is 0.246 e. The Balaban J connectivity index is 1.76. The lowest BCUT2D eigenvalue weighted by Crippen LogP contribution is -2.48. The third-order valence-corrected chi connectivity index (χ3v) is 6.19.